The summed E-state index contributed by atoms with van der Waals surface area (Å²) in [7, 11) is 0. The van der Waals surface area contributed by atoms with Gasteiger partial charge in [0.1, 0.15) is 5.75 Å². The largest absolute Gasteiger partial charge is 1.00 e. The van der Waals surface area contributed by atoms with E-state index in [-0.39, 0.29) is 30.2 Å². The second-order valence-electron chi connectivity index (χ2n) is 2.97. The van der Waals surface area contributed by atoms with Crippen molar-refractivity contribution in [2.24, 2.45) is 0 Å². The van der Waals surface area contributed by atoms with Crippen molar-refractivity contribution >= 4 is 5.69 Å². The van der Waals surface area contributed by atoms with Gasteiger partial charge in [-0.3, -0.25) is 0 Å². The molecule has 13 heavy (non-hydrogen) atoms. The monoisotopic (exact) mass is 290 g/mol. The Hall–Kier alpha value is -0.450. The molecule has 0 amide bonds. The fourth-order valence-electron chi connectivity index (χ4n) is 1.66. The van der Waals surface area contributed by atoms with Crippen LogP contribution >= 0.6 is 0 Å². The molecule has 1 atom stereocenters. The van der Waals surface area contributed by atoms with Gasteiger partial charge in [-0.15, -0.1) is 0 Å². The Morgan fingerprint density at radius 2 is 2.08 bits per heavy atom. The van der Waals surface area contributed by atoms with E-state index in [9.17, 15) is 0 Å². The Morgan fingerprint density at radius 1 is 1.38 bits per heavy atom. The van der Waals surface area contributed by atoms with Crippen LogP contribution in [-0.2, 0) is 0 Å². The molecule has 1 heterocycles. The van der Waals surface area contributed by atoms with Crippen LogP contribution in [0.5, 0.6) is 5.75 Å². The van der Waals surface area contributed by atoms with Crippen LogP contribution < -0.4 is 33.6 Å². The van der Waals surface area contributed by atoms with Gasteiger partial charge in [0.15, 0.2) is 6.23 Å². The molecular formula is C10H13INO-. The molecular weight excluding hydrogens is 277 g/mol. The van der Waals surface area contributed by atoms with Gasteiger partial charge >= 0.3 is 0 Å². The number of hydrogen-bond donors (Lipinski definition) is 0. The van der Waals surface area contributed by atoms with Crippen molar-refractivity contribution < 1.29 is 28.7 Å². The minimum absolute atomic E-state index is 0. The maximum atomic E-state index is 5.64. The molecule has 3 heteroatoms. The second kappa shape index (κ2) is 4.17. The fourth-order valence-corrected chi connectivity index (χ4v) is 1.66. The van der Waals surface area contributed by atoms with Crippen LogP contribution in [0.1, 0.15) is 13.8 Å². The number of halogens is 1. The molecule has 0 aliphatic carbocycles. The molecule has 1 aliphatic heterocycles. The molecule has 0 bridgehead atoms. The predicted molar refractivity (Wildman–Crippen MR) is 49.6 cm³/mol. The topological polar surface area (TPSA) is 12.5 Å². The Morgan fingerprint density at radius 3 is 2.77 bits per heavy atom. The van der Waals surface area contributed by atoms with Crippen LogP contribution in [0.4, 0.5) is 5.69 Å². The summed E-state index contributed by atoms with van der Waals surface area (Å²) in [6.07, 6.45) is 0.187. The summed E-state index contributed by atoms with van der Waals surface area (Å²) in [6, 6.07) is 8.16. The fraction of sp³-hybridized carbons (Fsp3) is 0.400. The third kappa shape index (κ3) is 1.75. The van der Waals surface area contributed by atoms with Crippen LogP contribution in [0.25, 0.3) is 0 Å². The molecule has 1 unspecified atom stereocenters. The van der Waals surface area contributed by atoms with Gasteiger partial charge in [-0.2, -0.15) is 0 Å². The van der Waals surface area contributed by atoms with E-state index in [2.05, 4.69) is 24.8 Å². The Labute approximate surface area is 95.9 Å². The Bertz CT molecular complexity index is 290. The maximum Gasteiger partial charge on any atom is 0.169 e. The molecule has 2 nitrogen and oxygen atoms in total. The normalized spacial score (nSPS) is 18.9. The zero-order valence-electron chi connectivity index (χ0n) is 7.83. The summed E-state index contributed by atoms with van der Waals surface area (Å²) >= 11 is 0. The van der Waals surface area contributed by atoms with Crippen LogP contribution in [0.15, 0.2) is 24.3 Å². The van der Waals surface area contributed by atoms with E-state index in [0.717, 1.165) is 12.3 Å². The minimum Gasteiger partial charge on any atom is -1.00 e. The summed E-state index contributed by atoms with van der Waals surface area (Å²) < 4.78 is 5.64. The number of ether oxygens (including phenoxy) is 1. The Kier molecular flexibility index (Phi) is 3.41. The molecule has 0 fully saturated rings. The van der Waals surface area contributed by atoms with Crippen molar-refractivity contribution in [2.75, 3.05) is 11.4 Å². The van der Waals surface area contributed by atoms with Crippen molar-refractivity contribution in [3.05, 3.63) is 24.3 Å². The number of para-hydroxylation sites is 2. The van der Waals surface area contributed by atoms with Gasteiger partial charge in [-0.25, -0.2) is 0 Å². The molecule has 72 valence electrons. The van der Waals surface area contributed by atoms with E-state index < -0.39 is 0 Å². The van der Waals surface area contributed by atoms with Crippen LogP contribution in [0.3, 0.4) is 0 Å². The SMILES string of the molecule is CCN1c2ccccc2OC1C.[I-]. The summed E-state index contributed by atoms with van der Waals surface area (Å²) in [4.78, 5) is 2.25. The van der Waals surface area contributed by atoms with Gasteiger partial charge < -0.3 is 33.6 Å². The van der Waals surface area contributed by atoms with Crippen molar-refractivity contribution in [1.29, 1.82) is 0 Å². The average Bonchev–Trinajstić information content (AvgIpc) is 2.40. The van der Waals surface area contributed by atoms with Gasteiger partial charge in [0, 0.05) is 6.54 Å². The summed E-state index contributed by atoms with van der Waals surface area (Å²) in [6.45, 7) is 5.21. The predicted octanol–water partition coefficient (Wildman–Crippen LogP) is -0.745. The zero-order chi connectivity index (χ0) is 8.55. The molecule has 1 aliphatic rings. The first kappa shape index (κ1) is 10.6. The van der Waals surface area contributed by atoms with Gasteiger partial charge in [0.2, 0.25) is 0 Å². The summed E-state index contributed by atoms with van der Waals surface area (Å²) in [5.74, 6) is 1.01. The molecule has 0 spiro atoms. The van der Waals surface area contributed by atoms with Crippen molar-refractivity contribution in [3.8, 4) is 5.75 Å². The first-order valence-electron chi connectivity index (χ1n) is 4.35. The lowest BCUT2D eigenvalue weighted by molar-refractivity contribution is -0.00000335. The molecule has 0 radical (unpaired) electrons. The molecule has 1 aromatic carbocycles. The van der Waals surface area contributed by atoms with E-state index in [4.69, 9.17) is 4.74 Å². The van der Waals surface area contributed by atoms with Gasteiger partial charge in [0.25, 0.3) is 0 Å². The molecule has 2 rings (SSSR count). The zero-order valence-corrected chi connectivity index (χ0v) is 9.98. The molecule has 1 aromatic rings. The quantitative estimate of drug-likeness (QED) is 0.632. The van der Waals surface area contributed by atoms with E-state index in [1.807, 2.05) is 18.2 Å². The summed E-state index contributed by atoms with van der Waals surface area (Å²) in [5.41, 5.74) is 1.22. The number of nitrogens with zero attached hydrogens (tertiary/aromatic N) is 1. The number of benzene rings is 1. The first-order chi connectivity index (χ1) is 5.83. The van der Waals surface area contributed by atoms with Gasteiger partial charge in [0.05, 0.1) is 5.69 Å². The average molecular weight is 290 g/mol. The van der Waals surface area contributed by atoms with Crippen LogP contribution in [-0.4, -0.2) is 12.8 Å². The second-order valence-corrected chi connectivity index (χ2v) is 2.97. The Balaban J connectivity index is 0.000000845. The van der Waals surface area contributed by atoms with Crippen molar-refractivity contribution in [3.63, 3.8) is 0 Å². The van der Waals surface area contributed by atoms with E-state index in [1.54, 1.807) is 0 Å². The highest BCUT2D eigenvalue weighted by Crippen LogP contribution is 2.35. The standard InChI is InChI=1S/C10H13NO.HI/c1-3-11-8(2)12-10-7-5-4-6-9(10)11;/h4-8H,3H2,1-2H3;1H/p-1. The first-order valence-corrected chi connectivity index (χ1v) is 4.35. The van der Waals surface area contributed by atoms with E-state index in [0.29, 0.717) is 0 Å². The molecule has 0 saturated carbocycles. The van der Waals surface area contributed by atoms with E-state index >= 15 is 0 Å². The lowest BCUT2D eigenvalue weighted by Crippen LogP contribution is -3.00. The lowest BCUT2D eigenvalue weighted by Gasteiger charge is -2.19. The van der Waals surface area contributed by atoms with Crippen molar-refractivity contribution in [2.45, 2.75) is 20.1 Å². The molecule has 0 aromatic heterocycles. The molecule has 0 saturated heterocycles. The van der Waals surface area contributed by atoms with Gasteiger partial charge in [-0.1, -0.05) is 12.1 Å². The minimum atomic E-state index is 0. The highest BCUT2D eigenvalue weighted by molar-refractivity contribution is 5.61. The lowest BCUT2D eigenvalue weighted by atomic mass is 10.3. The van der Waals surface area contributed by atoms with Gasteiger partial charge in [-0.05, 0) is 26.0 Å². The molecule has 0 N–H and O–H groups in total. The third-order valence-electron chi connectivity index (χ3n) is 2.25. The smallest absolute Gasteiger partial charge is 0.169 e. The number of rotatable bonds is 1. The highest BCUT2D eigenvalue weighted by Gasteiger charge is 2.24. The number of fused-ring (bicyclic) bond motifs is 1. The number of hydrogen-bond acceptors (Lipinski definition) is 2. The summed E-state index contributed by atoms with van der Waals surface area (Å²) in [5, 5.41) is 0. The van der Waals surface area contributed by atoms with Crippen molar-refractivity contribution in [1.82, 2.24) is 0 Å². The van der Waals surface area contributed by atoms with E-state index in [1.165, 1.54) is 5.69 Å². The van der Waals surface area contributed by atoms with Crippen LogP contribution in [0.2, 0.25) is 0 Å². The third-order valence-corrected chi connectivity index (χ3v) is 2.25. The number of anilines is 1. The van der Waals surface area contributed by atoms with Crippen LogP contribution in [0, 0.1) is 0 Å². The maximum absolute atomic E-state index is 5.64. The highest BCUT2D eigenvalue weighted by atomic mass is 127.